The fraction of sp³-hybridized carbons (Fsp3) is 0.250. The van der Waals surface area contributed by atoms with E-state index < -0.39 is 6.04 Å². The molecule has 1 atom stereocenters. The number of rotatable bonds is 7. The summed E-state index contributed by atoms with van der Waals surface area (Å²) in [5, 5.41) is 18.2. The smallest absolute Gasteiger partial charge is 0.253 e. The van der Waals surface area contributed by atoms with Crippen molar-refractivity contribution < 1.29 is 14.7 Å². The Morgan fingerprint density at radius 2 is 2.00 bits per heavy atom. The molecule has 10 nitrogen and oxygen atoms in total. The van der Waals surface area contributed by atoms with Gasteiger partial charge in [0.05, 0.1) is 22.3 Å². The first-order valence-electron chi connectivity index (χ1n) is 11.0. The Kier molecular flexibility index (Phi) is 7.59. The molecular formula is C24H26BrN7O3. The maximum atomic E-state index is 12.4. The standard InChI is InChI=1S/C24H26BrN7O3/c1-27-22(34)17-4-2-3-5-20(17)30-21-18(25)11-28-24(31-21)29-16-7-6-14-8-9-32(12-15(14)10-16)23(35)19(26)13-33/h2-7,10-11,19,33H,8-9,12-13,26H2,1H3,(H,27,34)(H2,28,29,30,31). The second-order valence-corrected chi connectivity index (χ2v) is 8.90. The van der Waals surface area contributed by atoms with Crippen LogP contribution in [0.15, 0.2) is 53.1 Å². The number of amides is 2. The molecule has 1 aliphatic heterocycles. The van der Waals surface area contributed by atoms with E-state index in [0.29, 0.717) is 47.0 Å². The predicted molar refractivity (Wildman–Crippen MR) is 137 cm³/mol. The number of anilines is 4. The van der Waals surface area contributed by atoms with E-state index in [0.717, 1.165) is 16.8 Å². The topological polar surface area (TPSA) is 146 Å². The Labute approximate surface area is 211 Å². The monoisotopic (exact) mass is 539 g/mol. The Hall–Kier alpha value is -3.54. The highest BCUT2D eigenvalue weighted by Crippen LogP contribution is 2.28. The fourth-order valence-corrected chi connectivity index (χ4v) is 4.12. The van der Waals surface area contributed by atoms with Crippen molar-refractivity contribution in [3.8, 4) is 0 Å². The van der Waals surface area contributed by atoms with Crippen molar-refractivity contribution in [3.05, 3.63) is 69.8 Å². The molecule has 1 aromatic heterocycles. The van der Waals surface area contributed by atoms with Crippen LogP contribution in [0.25, 0.3) is 0 Å². The summed E-state index contributed by atoms with van der Waals surface area (Å²) >= 11 is 3.46. The third-order valence-corrected chi connectivity index (χ3v) is 6.28. The predicted octanol–water partition coefficient (Wildman–Crippen LogP) is 2.29. The van der Waals surface area contributed by atoms with Crippen LogP contribution in [-0.4, -0.2) is 58.0 Å². The zero-order chi connectivity index (χ0) is 24.9. The number of carbonyl (C=O) groups is 2. The fourth-order valence-electron chi connectivity index (χ4n) is 3.83. The van der Waals surface area contributed by atoms with E-state index in [4.69, 9.17) is 5.73 Å². The second kappa shape index (κ2) is 10.8. The number of fused-ring (bicyclic) bond motifs is 1. The van der Waals surface area contributed by atoms with E-state index in [-0.39, 0.29) is 18.4 Å². The van der Waals surface area contributed by atoms with Gasteiger partial charge in [0.1, 0.15) is 11.9 Å². The zero-order valence-corrected chi connectivity index (χ0v) is 20.7. The van der Waals surface area contributed by atoms with Gasteiger partial charge in [-0.1, -0.05) is 18.2 Å². The molecule has 2 aromatic carbocycles. The van der Waals surface area contributed by atoms with Crippen LogP contribution in [0.5, 0.6) is 0 Å². The normalized spacial score (nSPS) is 13.5. The number of hydrogen-bond donors (Lipinski definition) is 5. The van der Waals surface area contributed by atoms with Crippen molar-refractivity contribution in [1.29, 1.82) is 0 Å². The largest absolute Gasteiger partial charge is 0.394 e. The summed E-state index contributed by atoms with van der Waals surface area (Å²) in [7, 11) is 1.58. The van der Waals surface area contributed by atoms with Gasteiger partial charge in [0.2, 0.25) is 11.9 Å². The van der Waals surface area contributed by atoms with Crippen LogP contribution in [0.4, 0.5) is 23.1 Å². The number of hydrogen-bond acceptors (Lipinski definition) is 8. The van der Waals surface area contributed by atoms with Gasteiger partial charge >= 0.3 is 0 Å². The Morgan fingerprint density at radius 1 is 1.20 bits per heavy atom. The molecule has 2 amide bonds. The Balaban J connectivity index is 1.53. The molecule has 11 heteroatoms. The summed E-state index contributed by atoms with van der Waals surface area (Å²) in [5.41, 5.74) is 9.73. The Bertz CT molecular complexity index is 1250. The number of nitrogens with two attached hydrogens (primary N) is 1. The molecule has 3 aromatic rings. The number of para-hydroxylation sites is 1. The molecule has 0 saturated heterocycles. The lowest BCUT2D eigenvalue weighted by atomic mass is 9.98. The highest BCUT2D eigenvalue weighted by Gasteiger charge is 2.25. The van der Waals surface area contributed by atoms with Crippen LogP contribution in [0.2, 0.25) is 0 Å². The summed E-state index contributed by atoms with van der Waals surface area (Å²) in [6.45, 7) is 0.602. The van der Waals surface area contributed by atoms with Gasteiger partial charge in [-0.25, -0.2) is 4.98 Å². The number of nitrogens with one attached hydrogen (secondary N) is 3. The van der Waals surface area contributed by atoms with E-state index in [2.05, 4.69) is 41.8 Å². The minimum Gasteiger partial charge on any atom is -0.394 e. The van der Waals surface area contributed by atoms with Gasteiger partial charge in [0.15, 0.2) is 0 Å². The molecule has 35 heavy (non-hydrogen) atoms. The maximum absolute atomic E-state index is 12.4. The summed E-state index contributed by atoms with van der Waals surface area (Å²) in [5.74, 6) is 0.379. The molecule has 0 aliphatic carbocycles. The molecule has 0 radical (unpaired) electrons. The highest BCUT2D eigenvalue weighted by molar-refractivity contribution is 9.10. The summed E-state index contributed by atoms with van der Waals surface area (Å²) in [6, 6.07) is 12.2. The average Bonchev–Trinajstić information content (AvgIpc) is 2.89. The molecule has 4 rings (SSSR count). The minimum absolute atomic E-state index is 0.210. The lowest BCUT2D eigenvalue weighted by Gasteiger charge is -2.30. The van der Waals surface area contributed by atoms with Crippen molar-refractivity contribution in [1.82, 2.24) is 20.2 Å². The van der Waals surface area contributed by atoms with E-state index in [1.807, 2.05) is 24.3 Å². The van der Waals surface area contributed by atoms with Gasteiger partial charge in [0.25, 0.3) is 5.91 Å². The number of nitrogens with zero attached hydrogens (tertiary/aromatic N) is 3. The first-order chi connectivity index (χ1) is 16.9. The van der Waals surface area contributed by atoms with Crippen molar-refractivity contribution in [2.75, 3.05) is 30.8 Å². The number of halogens is 1. The van der Waals surface area contributed by atoms with Gasteiger partial charge in [-0.05, 0) is 57.7 Å². The minimum atomic E-state index is -0.909. The molecule has 6 N–H and O–H groups in total. The molecule has 1 aliphatic rings. The quantitative estimate of drug-likeness (QED) is 0.307. The van der Waals surface area contributed by atoms with E-state index in [1.165, 1.54) is 0 Å². The highest BCUT2D eigenvalue weighted by atomic mass is 79.9. The van der Waals surface area contributed by atoms with Crippen LogP contribution in [-0.2, 0) is 17.8 Å². The summed E-state index contributed by atoms with van der Waals surface area (Å²) in [4.78, 5) is 35.2. The second-order valence-electron chi connectivity index (χ2n) is 8.05. The number of aliphatic hydroxyl groups excluding tert-OH is 1. The van der Waals surface area contributed by atoms with Crippen LogP contribution in [0.3, 0.4) is 0 Å². The maximum Gasteiger partial charge on any atom is 0.253 e. The van der Waals surface area contributed by atoms with E-state index in [1.54, 1.807) is 36.3 Å². The van der Waals surface area contributed by atoms with Gasteiger partial charge in [-0.2, -0.15) is 4.98 Å². The molecule has 1 unspecified atom stereocenters. The average molecular weight is 540 g/mol. The van der Waals surface area contributed by atoms with Crippen LogP contribution in [0, 0.1) is 0 Å². The van der Waals surface area contributed by atoms with Crippen molar-refractivity contribution in [2.45, 2.75) is 19.0 Å². The number of benzene rings is 2. The van der Waals surface area contributed by atoms with E-state index in [9.17, 15) is 14.7 Å². The van der Waals surface area contributed by atoms with Crippen molar-refractivity contribution >= 4 is 50.9 Å². The molecule has 0 bridgehead atoms. The molecular weight excluding hydrogens is 514 g/mol. The summed E-state index contributed by atoms with van der Waals surface area (Å²) < 4.78 is 0.634. The lowest BCUT2D eigenvalue weighted by Crippen LogP contribution is -2.47. The van der Waals surface area contributed by atoms with Crippen LogP contribution < -0.4 is 21.7 Å². The SMILES string of the molecule is CNC(=O)c1ccccc1Nc1nc(Nc2ccc3c(c2)CN(C(=O)C(N)CO)CC3)ncc1Br. The number of carbonyl (C=O) groups excluding carboxylic acids is 2. The lowest BCUT2D eigenvalue weighted by molar-refractivity contribution is -0.134. The molecule has 182 valence electrons. The van der Waals surface area contributed by atoms with Gasteiger partial charge in [0, 0.05) is 32.0 Å². The molecule has 2 heterocycles. The van der Waals surface area contributed by atoms with E-state index >= 15 is 0 Å². The van der Waals surface area contributed by atoms with Gasteiger partial charge < -0.3 is 31.7 Å². The summed E-state index contributed by atoms with van der Waals surface area (Å²) in [6.07, 6.45) is 2.34. The van der Waals surface area contributed by atoms with Crippen LogP contribution in [0.1, 0.15) is 21.5 Å². The first kappa shape index (κ1) is 24.6. The third-order valence-electron chi connectivity index (χ3n) is 5.70. The number of aromatic nitrogens is 2. The molecule has 0 spiro atoms. The molecule has 0 fully saturated rings. The van der Waals surface area contributed by atoms with Crippen molar-refractivity contribution in [3.63, 3.8) is 0 Å². The molecule has 0 saturated carbocycles. The zero-order valence-electron chi connectivity index (χ0n) is 19.1. The van der Waals surface area contributed by atoms with Crippen molar-refractivity contribution in [2.24, 2.45) is 5.73 Å². The van der Waals surface area contributed by atoms with Gasteiger partial charge in [-0.3, -0.25) is 9.59 Å². The Morgan fingerprint density at radius 3 is 2.77 bits per heavy atom. The van der Waals surface area contributed by atoms with Gasteiger partial charge in [-0.15, -0.1) is 0 Å². The van der Waals surface area contributed by atoms with Crippen LogP contribution >= 0.6 is 15.9 Å². The third kappa shape index (κ3) is 5.59. The number of aliphatic hydroxyl groups is 1. The first-order valence-corrected chi connectivity index (χ1v) is 11.8.